The Morgan fingerprint density at radius 3 is 2.48 bits per heavy atom. The molecule has 0 unspecified atom stereocenters. The Morgan fingerprint density at radius 1 is 1.24 bits per heavy atom. The van der Waals surface area contributed by atoms with Crippen molar-refractivity contribution in [2.45, 2.75) is 53.1 Å². The molecule has 0 N–H and O–H groups in total. The number of nitrogens with zero attached hydrogens (tertiary/aromatic N) is 3. The highest BCUT2D eigenvalue weighted by molar-refractivity contribution is 7.09. The van der Waals surface area contributed by atoms with Crippen molar-refractivity contribution in [2.75, 3.05) is 4.90 Å². The van der Waals surface area contributed by atoms with Crippen LogP contribution in [0.1, 0.15) is 49.9 Å². The van der Waals surface area contributed by atoms with Crippen molar-refractivity contribution in [3.63, 3.8) is 0 Å². The summed E-state index contributed by atoms with van der Waals surface area (Å²) >= 11 is 8.08. The Balaban J connectivity index is 2.44. The van der Waals surface area contributed by atoms with E-state index in [-0.39, 0.29) is 5.92 Å². The third-order valence-corrected chi connectivity index (χ3v) is 4.63. The van der Waals surface area contributed by atoms with Crippen molar-refractivity contribution in [2.24, 2.45) is 0 Å². The minimum atomic E-state index is 0.262. The summed E-state index contributed by atoms with van der Waals surface area (Å²) in [6.07, 6.45) is 0. The molecule has 0 atom stereocenters. The number of thiophene rings is 1. The Kier molecular flexibility index (Phi) is 5.22. The fourth-order valence-electron chi connectivity index (χ4n) is 2.10. The average Bonchev–Trinajstić information content (AvgIpc) is 2.92. The molecule has 0 saturated heterocycles. The number of rotatable bonds is 5. The Morgan fingerprint density at radius 2 is 1.95 bits per heavy atom. The van der Waals surface area contributed by atoms with Gasteiger partial charge in [0, 0.05) is 22.4 Å². The highest BCUT2D eigenvalue weighted by Gasteiger charge is 2.20. The van der Waals surface area contributed by atoms with Crippen LogP contribution in [0, 0.1) is 6.92 Å². The quantitative estimate of drug-likeness (QED) is 0.722. The van der Waals surface area contributed by atoms with Crippen LogP contribution in [0.4, 0.5) is 5.82 Å². The van der Waals surface area contributed by atoms with Crippen LogP contribution in [0.5, 0.6) is 0 Å². The molecule has 0 amide bonds. The topological polar surface area (TPSA) is 29.0 Å². The van der Waals surface area contributed by atoms with Gasteiger partial charge >= 0.3 is 0 Å². The normalized spacial score (nSPS) is 11.4. The summed E-state index contributed by atoms with van der Waals surface area (Å²) in [4.78, 5) is 12.8. The van der Waals surface area contributed by atoms with Crippen LogP contribution in [0.15, 0.2) is 17.5 Å². The van der Waals surface area contributed by atoms with E-state index in [1.807, 2.05) is 6.92 Å². The van der Waals surface area contributed by atoms with Gasteiger partial charge in [0.05, 0.1) is 6.54 Å². The lowest BCUT2D eigenvalue weighted by molar-refractivity contribution is 0.662. The van der Waals surface area contributed by atoms with E-state index < -0.39 is 0 Å². The Bertz CT molecular complexity index is 594. The predicted molar refractivity (Wildman–Crippen MR) is 91.5 cm³/mol. The lowest BCUT2D eigenvalue weighted by Crippen LogP contribution is -2.32. The molecule has 5 heteroatoms. The van der Waals surface area contributed by atoms with Crippen molar-refractivity contribution >= 4 is 28.8 Å². The molecule has 0 bridgehead atoms. The van der Waals surface area contributed by atoms with Crippen LogP contribution in [-0.4, -0.2) is 16.0 Å². The van der Waals surface area contributed by atoms with Crippen molar-refractivity contribution < 1.29 is 0 Å². The highest BCUT2D eigenvalue weighted by Crippen LogP contribution is 2.29. The van der Waals surface area contributed by atoms with E-state index in [9.17, 15) is 0 Å². The summed E-state index contributed by atoms with van der Waals surface area (Å²) in [5.74, 6) is 2.01. The van der Waals surface area contributed by atoms with Crippen LogP contribution >= 0.6 is 22.9 Å². The van der Waals surface area contributed by atoms with Crippen LogP contribution in [0.25, 0.3) is 0 Å². The lowest BCUT2D eigenvalue weighted by Gasteiger charge is -2.29. The minimum absolute atomic E-state index is 0.262. The van der Waals surface area contributed by atoms with Crippen molar-refractivity contribution in [1.29, 1.82) is 0 Å². The highest BCUT2D eigenvalue weighted by atomic mass is 35.5. The molecule has 21 heavy (non-hydrogen) atoms. The number of aromatic nitrogens is 2. The fraction of sp³-hybridized carbons (Fsp3) is 0.500. The second-order valence-corrected chi connectivity index (χ2v) is 7.17. The molecule has 2 heterocycles. The van der Waals surface area contributed by atoms with Gasteiger partial charge in [0.15, 0.2) is 0 Å². The van der Waals surface area contributed by atoms with Gasteiger partial charge < -0.3 is 4.90 Å². The second kappa shape index (κ2) is 6.75. The summed E-state index contributed by atoms with van der Waals surface area (Å²) < 4.78 is 0. The van der Waals surface area contributed by atoms with E-state index in [0.29, 0.717) is 11.2 Å². The molecule has 3 nitrogen and oxygen atoms in total. The summed E-state index contributed by atoms with van der Waals surface area (Å²) in [6.45, 7) is 11.4. The molecule has 0 saturated carbocycles. The molecule has 0 aliphatic heterocycles. The molecule has 2 aromatic heterocycles. The zero-order valence-electron chi connectivity index (χ0n) is 13.2. The van der Waals surface area contributed by atoms with Crippen molar-refractivity contribution in [1.82, 2.24) is 9.97 Å². The minimum Gasteiger partial charge on any atom is -0.349 e. The maximum absolute atomic E-state index is 6.32. The van der Waals surface area contributed by atoms with E-state index >= 15 is 0 Å². The third-order valence-electron chi connectivity index (χ3n) is 3.40. The zero-order chi connectivity index (χ0) is 15.6. The molecular formula is C16H22ClN3S. The molecule has 0 radical (unpaired) electrons. The zero-order valence-corrected chi connectivity index (χ0v) is 14.8. The standard InChI is InChI=1S/C16H22ClN3S/c1-10(2)15-18-14(17)12(5)16(19-15)20(11(3)4)9-13-7-6-8-21-13/h6-8,10-11H,9H2,1-5H3. The third kappa shape index (κ3) is 3.74. The van der Waals surface area contributed by atoms with Gasteiger partial charge in [-0.3, -0.25) is 0 Å². The van der Waals surface area contributed by atoms with Gasteiger partial charge in [-0.05, 0) is 32.2 Å². The fourth-order valence-corrected chi connectivity index (χ4v) is 2.98. The van der Waals surface area contributed by atoms with Crippen LogP contribution < -0.4 is 4.90 Å². The first-order valence-electron chi connectivity index (χ1n) is 7.23. The van der Waals surface area contributed by atoms with E-state index in [2.05, 4.69) is 55.1 Å². The number of hydrogen-bond acceptors (Lipinski definition) is 4. The van der Waals surface area contributed by atoms with Crippen molar-refractivity contribution in [3.05, 3.63) is 38.9 Å². The van der Waals surface area contributed by atoms with Crippen LogP contribution in [-0.2, 0) is 6.54 Å². The predicted octanol–water partition coefficient (Wildman–Crippen LogP) is 5.04. The molecule has 0 aromatic carbocycles. The molecule has 114 valence electrons. The van der Waals surface area contributed by atoms with Crippen LogP contribution in [0.3, 0.4) is 0 Å². The first-order chi connectivity index (χ1) is 9.90. The first-order valence-corrected chi connectivity index (χ1v) is 8.49. The van der Waals surface area contributed by atoms with Crippen LogP contribution in [0.2, 0.25) is 5.15 Å². The Hall–Kier alpha value is -1.13. The number of hydrogen-bond donors (Lipinski definition) is 0. The lowest BCUT2D eigenvalue weighted by atomic mass is 10.2. The number of anilines is 1. The van der Waals surface area contributed by atoms with Gasteiger partial charge in [-0.25, -0.2) is 9.97 Å². The molecule has 2 aromatic rings. The van der Waals surface area contributed by atoms with Gasteiger partial charge in [0.2, 0.25) is 0 Å². The molecule has 0 fully saturated rings. The maximum atomic E-state index is 6.32. The van der Waals surface area contributed by atoms with E-state index in [0.717, 1.165) is 23.8 Å². The van der Waals surface area contributed by atoms with Crippen molar-refractivity contribution in [3.8, 4) is 0 Å². The molecule has 0 aliphatic carbocycles. The number of halogens is 1. The monoisotopic (exact) mass is 323 g/mol. The van der Waals surface area contributed by atoms with Gasteiger partial charge in [-0.2, -0.15) is 0 Å². The van der Waals surface area contributed by atoms with Gasteiger partial charge in [-0.1, -0.05) is 31.5 Å². The Labute approximate surface area is 136 Å². The summed E-state index contributed by atoms with van der Waals surface area (Å²) in [6, 6.07) is 4.58. The summed E-state index contributed by atoms with van der Waals surface area (Å²) in [5.41, 5.74) is 0.950. The molecule has 0 aliphatic rings. The molecule has 2 rings (SSSR count). The summed E-state index contributed by atoms with van der Waals surface area (Å²) in [5, 5.41) is 2.66. The average molecular weight is 324 g/mol. The van der Waals surface area contributed by atoms with Gasteiger partial charge in [0.1, 0.15) is 16.8 Å². The SMILES string of the molecule is Cc1c(Cl)nc(C(C)C)nc1N(Cc1cccs1)C(C)C. The smallest absolute Gasteiger partial charge is 0.137 e. The van der Waals surface area contributed by atoms with E-state index in [1.165, 1.54) is 4.88 Å². The largest absolute Gasteiger partial charge is 0.349 e. The molecule has 0 spiro atoms. The first kappa shape index (κ1) is 16.2. The van der Waals surface area contributed by atoms with E-state index in [1.54, 1.807) is 11.3 Å². The maximum Gasteiger partial charge on any atom is 0.137 e. The van der Waals surface area contributed by atoms with Gasteiger partial charge in [0.25, 0.3) is 0 Å². The van der Waals surface area contributed by atoms with Gasteiger partial charge in [-0.15, -0.1) is 11.3 Å². The van der Waals surface area contributed by atoms with E-state index in [4.69, 9.17) is 16.6 Å². The molecular weight excluding hydrogens is 302 g/mol. The second-order valence-electron chi connectivity index (χ2n) is 5.78. The summed E-state index contributed by atoms with van der Waals surface area (Å²) in [7, 11) is 0.